The number of aromatic nitrogens is 2. The lowest BCUT2D eigenvalue weighted by Crippen LogP contribution is -2.46. The molecule has 0 atom stereocenters. The first kappa shape index (κ1) is 22.0. The Morgan fingerprint density at radius 3 is 2.72 bits per heavy atom. The molecule has 3 aromatic rings. The lowest BCUT2D eigenvalue weighted by Gasteiger charge is -2.35. The summed E-state index contributed by atoms with van der Waals surface area (Å²) in [4.78, 5) is 32.2. The van der Waals surface area contributed by atoms with Crippen molar-refractivity contribution in [3.05, 3.63) is 63.3 Å². The van der Waals surface area contributed by atoms with Crippen molar-refractivity contribution in [1.82, 2.24) is 14.9 Å². The minimum absolute atomic E-state index is 0.0206. The average Bonchev–Trinajstić information content (AvgIpc) is 2.81. The van der Waals surface area contributed by atoms with E-state index >= 15 is 0 Å². The molecular formula is C24H28FN5O2. The molecule has 0 bridgehead atoms. The first-order chi connectivity index (χ1) is 15.6. The van der Waals surface area contributed by atoms with E-state index in [9.17, 15) is 9.18 Å². The lowest BCUT2D eigenvalue weighted by molar-refractivity contribution is -0.0979. The van der Waals surface area contributed by atoms with Crippen LogP contribution in [0.1, 0.15) is 23.1 Å². The molecule has 168 valence electrons. The molecule has 0 amide bonds. The number of fused-ring (bicyclic) bond motifs is 3. The van der Waals surface area contributed by atoms with Gasteiger partial charge in [0.05, 0.1) is 11.2 Å². The second kappa shape index (κ2) is 9.48. The number of nitrogens with zero attached hydrogens (tertiary/aromatic N) is 3. The van der Waals surface area contributed by atoms with Crippen molar-refractivity contribution < 1.29 is 9.18 Å². The number of pyridine rings is 2. The maximum Gasteiger partial charge on any atom is 0.253 e. The Morgan fingerprint density at radius 2 is 1.97 bits per heavy atom. The van der Waals surface area contributed by atoms with Crippen LogP contribution in [0.2, 0.25) is 0 Å². The fraction of sp³-hybridized carbons (Fsp3) is 0.375. The molecule has 4 heterocycles. The molecule has 2 aliphatic heterocycles. The van der Waals surface area contributed by atoms with Gasteiger partial charge < -0.3 is 20.0 Å². The van der Waals surface area contributed by atoms with Gasteiger partial charge in [-0.15, -0.1) is 0 Å². The van der Waals surface area contributed by atoms with Gasteiger partial charge in [0, 0.05) is 56.4 Å². The van der Waals surface area contributed by atoms with Crippen LogP contribution in [0.4, 0.5) is 15.9 Å². The standard InChI is InChI=1S/C23H26FN5O.CH2O/c1-15-12-16(13-19-20(15)21-17(23(30)27-19)4-2-6-25-21)14-28-8-10-29(11-9-28)22-18(24)5-3-7-26-22;1-2/h3,5,7,12-13,25H,2,4,6,8-11,14H2,1H3,(H,27,30);1H2. The van der Waals surface area contributed by atoms with Crippen LogP contribution < -0.4 is 15.8 Å². The number of anilines is 2. The Bertz CT molecular complexity index is 1170. The van der Waals surface area contributed by atoms with E-state index in [1.807, 2.05) is 11.7 Å². The number of carbonyl (C=O) groups is 1. The molecule has 2 aromatic heterocycles. The monoisotopic (exact) mass is 437 g/mol. The molecule has 2 aliphatic rings. The molecule has 1 saturated heterocycles. The van der Waals surface area contributed by atoms with Crippen LogP contribution in [-0.4, -0.2) is 54.4 Å². The van der Waals surface area contributed by atoms with Crippen molar-refractivity contribution in [2.45, 2.75) is 26.3 Å². The summed E-state index contributed by atoms with van der Waals surface area (Å²) >= 11 is 0. The van der Waals surface area contributed by atoms with E-state index in [1.165, 1.54) is 17.2 Å². The van der Waals surface area contributed by atoms with Gasteiger partial charge in [-0.2, -0.15) is 0 Å². The molecule has 7 nitrogen and oxygen atoms in total. The van der Waals surface area contributed by atoms with E-state index in [4.69, 9.17) is 4.79 Å². The molecule has 1 fully saturated rings. The maximum absolute atomic E-state index is 14.0. The normalized spacial score (nSPS) is 16.1. The maximum atomic E-state index is 14.0. The third kappa shape index (κ3) is 4.23. The smallest absolute Gasteiger partial charge is 0.253 e. The predicted octanol–water partition coefficient (Wildman–Crippen LogP) is 2.87. The van der Waals surface area contributed by atoms with Crippen molar-refractivity contribution in [2.75, 3.05) is 42.9 Å². The van der Waals surface area contributed by atoms with Gasteiger partial charge in [0.15, 0.2) is 11.6 Å². The van der Waals surface area contributed by atoms with Crippen LogP contribution in [0.15, 0.2) is 35.3 Å². The first-order valence-corrected chi connectivity index (χ1v) is 10.9. The Labute approximate surface area is 186 Å². The largest absolute Gasteiger partial charge is 0.384 e. The van der Waals surface area contributed by atoms with Crippen molar-refractivity contribution in [1.29, 1.82) is 0 Å². The zero-order valence-corrected chi connectivity index (χ0v) is 18.3. The van der Waals surface area contributed by atoms with Crippen LogP contribution >= 0.6 is 0 Å². The summed E-state index contributed by atoms with van der Waals surface area (Å²) in [7, 11) is 0. The lowest BCUT2D eigenvalue weighted by atomic mass is 9.97. The number of H-pyrrole nitrogens is 1. The number of halogens is 1. The Kier molecular flexibility index (Phi) is 6.50. The predicted molar refractivity (Wildman–Crippen MR) is 125 cm³/mol. The SMILES string of the molecule is C=O.Cc1cc(CN2CCN(c3ncccc3F)CC2)cc2[nH]c(=O)c3c(c12)NCCC3. The van der Waals surface area contributed by atoms with E-state index in [2.05, 4.69) is 39.2 Å². The summed E-state index contributed by atoms with van der Waals surface area (Å²) < 4.78 is 14.0. The molecule has 0 spiro atoms. The Hall–Kier alpha value is -3.26. The number of rotatable bonds is 3. The van der Waals surface area contributed by atoms with Crippen LogP contribution in [-0.2, 0) is 17.8 Å². The topological polar surface area (TPSA) is 81.3 Å². The van der Waals surface area contributed by atoms with Crippen molar-refractivity contribution >= 4 is 29.2 Å². The van der Waals surface area contributed by atoms with Gasteiger partial charge in [-0.05, 0) is 49.1 Å². The molecule has 2 N–H and O–H groups in total. The third-order valence-electron chi connectivity index (χ3n) is 6.19. The summed E-state index contributed by atoms with van der Waals surface area (Å²) in [6.07, 6.45) is 3.46. The fourth-order valence-corrected chi connectivity index (χ4v) is 4.74. The zero-order valence-electron chi connectivity index (χ0n) is 18.3. The van der Waals surface area contributed by atoms with E-state index in [0.717, 1.165) is 74.3 Å². The number of aryl methyl sites for hydroxylation is 1. The van der Waals surface area contributed by atoms with Crippen LogP contribution in [0, 0.1) is 12.7 Å². The molecule has 0 aliphatic carbocycles. The minimum atomic E-state index is -0.267. The molecule has 8 heteroatoms. The van der Waals surface area contributed by atoms with Crippen LogP contribution in [0.3, 0.4) is 0 Å². The number of benzene rings is 1. The Morgan fingerprint density at radius 1 is 1.19 bits per heavy atom. The first-order valence-electron chi connectivity index (χ1n) is 10.9. The van der Waals surface area contributed by atoms with E-state index in [0.29, 0.717) is 5.82 Å². The number of nitrogens with one attached hydrogen (secondary N) is 2. The van der Waals surface area contributed by atoms with Crippen LogP contribution in [0.5, 0.6) is 0 Å². The number of aromatic amines is 1. The van der Waals surface area contributed by atoms with Gasteiger partial charge in [0.2, 0.25) is 0 Å². The molecule has 0 radical (unpaired) electrons. The fourth-order valence-electron chi connectivity index (χ4n) is 4.74. The van der Waals surface area contributed by atoms with Gasteiger partial charge in [-0.1, -0.05) is 6.07 Å². The average molecular weight is 438 g/mol. The van der Waals surface area contributed by atoms with Gasteiger partial charge in [0.25, 0.3) is 5.56 Å². The summed E-state index contributed by atoms with van der Waals surface area (Å²) in [6, 6.07) is 7.40. The molecular weight excluding hydrogens is 409 g/mol. The highest BCUT2D eigenvalue weighted by atomic mass is 19.1. The Balaban J connectivity index is 0.00000119. The van der Waals surface area contributed by atoms with Gasteiger partial charge in [-0.3, -0.25) is 9.69 Å². The zero-order chi connectivity index (χ0) is 22.7. The van der Waals surface area contributed by atoms with E-state index in [-0.39, 0.29) is 11.4 Å². The highest BCUT2D eigenvalue weighted by Crippen LogP contribution is 2.31. The highest BCUT2D eigenvalue weighted by Gasteiger charge is 2.22. The quantitative estimate of drug-likeness (QED) is 0.656. The molecule has 0 saturated carbocycles. The number of carbonyl (C=O) groups excluding carboxylic acids is 1. The van der Waals surface area contributed by atoms with Gasteiger partial charge in [0.1, 0.15) is 6.79 Å². The van der Waals surface area contributed by atoms with Gasteiger partial charge in [-0.25, -0.2) is 9.37 Å². The second-order valence-electron chi connectivity index (χ2n) is 8.25. The van der Waals surface area contributed by atoms with Crippen molar-refractivity contribution in [3.63, 3.8) is 0 Å². The summed E-state index contributed by atoms with van der Waals surface area (Å²) in [5.41, 5.74) is 5.17. The van der Waals surface area contributed by atoms with Gasteiger partial charge >= 0.3 is 0 Å². The summed E-state index contributed by atoms with van der Waals surface area (Å²) in [5.74, 6) is 0.172. The summed E-state index contributed by atoms with van der Waals surface area (Å²) in [6.45, 7) is 9.01. The second-order valence-corrected chi connectivity index (χ2v) is 8.25. The highest BCUT2D eigenvalue weighted by molar-refractivity contribution is 5.96. The number of piperazine rings is 1. The van der Waals surface area contributed by atoms with Crippen LogP contribution in [0.25, 0.3) is 10.9 Å². The number of hydrogen-bond donors (Lipinski definition) is 2. The molecule has 1 aromatic carbocycles. The number of hydrogen-bond acceptors (Lipinski definition) is 6. The minimum Gasteiger partial charge on any atom is -0.384 e. The van der Waals surface area contributed by atoms with Crippen molar-refractivity contribution in [2.24, 2.45) is 0 Å². The molecule has 5 rings (SSSR count). The van der Waals surface area contributed by atoms with E-state index in [1.54, 1.807) is 12.3 Å². The summed E-state index contributed by atoms with van der Waals surface area (Å²) in [5, 5.41) is 4.57. The van der Waals surface area contributed by atoms with E-state index < -0.39 is 0 Å². The van der Waals surface area contributed by atoms with Crippen molar-refractivity contribution in [3.8, 4) is 0 Å². The molecule has 0 unspecified atom stereocenters. The third-order valence-corrected chi connectivity index (χ3v) is 6.19. The molecule has 32 heavy (non-hydrogen) atoms.